The van der Waals surface area contributed by atoms with Crippen molar-refractivity contribution in [3.05, 3.63) is 23.7 Å². The van der Waals surface area contributed by atoms with Gasteiger partial charge in [-0.3, -0.25) is 4.90 Å². The van der Waals surface area contributed by atoms with Gasteiger partial charge in [0.1, 0.15) is 11.5 Å². The van der Waals surface area contributed by atoms with E-state index in [-0.39, 0.29) is 6.04 Å². The van der Waals surface area contributed by atoms with Crippen LogP contribution in [0.15, 0.2) is 16.5 Å². The van der Waals surface area contributed by atoms with E-state index in [2.05, 4.69) is 18.2 Å². The van der Waals surface area contributed by atoms with Crippen LogP contribution in [0.5, 0.6) is 0 Å². The van der Waals surface area contributed by atoms with Gasteiger partial charge in [0.05, 0.1) is 6.04 Å². The Morgan fingerprint density at radius 3 is 2.73 bits per heavy atom. The number of likely N-dealkylation sites (N-methyl/N-ethyl adjacent to an activating group) is 1. The third-order valence-corrected chi connectivity index (χ3v) is 3.08. The summed E-state index contributed by atoms with van der Waals surface area (Å²) in [5, 5.41) is 0. The lowest BCUT2D eigenvalue weighted by Gasteiger charge is -2.24. The van der Waals surface area contributed by atoms with Crippen molar-refractivity contribution in [3.63, 3.8) is 0 Å². The molecule has 0 saturated carbocycles. The van der Waals surface area contributed by atoms with Crippen molar-refractivity contribution in [2.24, 2.45) is 5.73 Å². The molecule has 1 aromatic rings. The number of thioether (sulfide) groups is 1. The summed E-state index contributed by atoms with van der Waals surface area (Å²) in [7, 11) is 2.09. The first-order chi connectivity index (χ1) is 7.19. The molecule has 0 aliphatic carbocycles. The van der Waals surface area contributed by atoms with E-state index < -0.39 is 0 Å². The maximum atomic E-state index is 5.78. The minimum atomic E-state index is 0.200. The molecule has 0 amide bonds. The largest absolute Gasteiger partial charge is 0.465 e. The van der Waals surface area contributed by atoms with Gasteiger partial charge < -0.3 is 10.2 Å². The van der Waals surface area contributed by atoms with Gasteiger partial charge in [0, 0.05) is 18.8 Å². The Bertz CT molecular complexity index is 288. The summed E-state index contributed by atoms with van der Waals surface area (Å²) in [6.07, 6.45) is 2.11. The number of aryl methyl sites for hydroxylation is 1. The standard InChI is InChI=1S/C11H20N2OS/c1-9-4-5-11(14-9)10(8-12)13(2)6-7-15-3/h4-5,10H,6-8,12H2,1-3H3. The zero-order chi connectivity index (χ0) is 11.3. The number of nitrogens with two attached hydrogens (primary N) is 1. The van der Waals surface area contributed by atoms with Crippen molar-refractivity contribution in [2.75, 3.05) is 32.1 Å². The van der Waals surface area contributed by atoms with E-state index in [9.17, 15) is 0 Å². The zero-order valence-electron chi connectivity index (χ0n) is 9.69. The smallest absolute Gasteiger partial charge is 0.122 e. The number of nitrogens with zero attached hydrogens (tertiary/aromatic N) is 1. The van der Waals surface area contributed by atoms with Gasteiger partial charge >= 0.3 is 0 Å². The molecule has 1 atom stereocenters. The predicted octanol–water partition coefficient (Wildman–Crippen LogP) is 1.88. The fourth-order valence-electron chi connectivity index (χ4n) is 1.54. The molecule has 2 N–H and O–H groups in total. The highest BCUT2D eigenvalue weighted by Gasteiger charge is 2.17. The van der Waals surface area contributed by atoms with Crippen molar-refractivity contribution in [3.8, 4) is 0 Å². The first-order valence-corrected chi connectivity index (χ1v) is 6.54. The van der Waals surface area contributed by atoms with Gasteiger partial charge in [0.25, 0.3) is 0 Å². The molecule has 15 heavy (non-hydrogen) atoms. The van der Waals surface area contributed by atoms with Gasteiger partial charge in [-0.15, -0.1) is 0 Å². The highest BCUT2D eigenvalue weighted by Crippen LogP contribution is 2.20. The van der Waals surface area contributed by atoms with Gasteiger partial charge in [0.15, 0.2) is 0 Å². The van der Waals surface area contributed by atoms with Crippen LogP contribution in [0.25, 0.3) is 0 Å². The van der Waals surface area contributed by atoms with Crippen LogP contribution in [0.1, 0.15) is 17.6 Å². The fourth-order valence-corrected chi connectivity index (χ4v) is 2.01. The first kappa shape index (κ1) is 12.6. The molecule has 0 radical (unpaired) electrons. The van der Waals surface area contributed by atoms with Crippen molar-refractivity contribution >= 4 is 11.8 Å². The molecule has 0 aliphatic rings. The lowest BCUT2D eigenvalue weighted by Crippen LogP contribution is -2.31. The third-order valence-electron chi connectivity index (χ3n) is 2.49. The molecule has 1 aromatic heterocycles. The molecule has 0 spiro atoms. The van der Waals surface area contributed by atoms with E-state index in [1.807, 2.05) is 30.8 Å². The van der Waals surface area contributed by atoms with Gasteiger partial charge in [-0.1, -0.05) is 0 Å². The number of hydrogen-bond acceptors (Lipinski definition) is 4. The predicted molar refractivity (Wildman–Crippen MR) is 66.3 cm³/mol. The second kappa shape index (κ2) is 6.20. The topological polar surface area (TPSA) is 42.4 Å². The van der Waals surface area contributed by atoms with Gasteiger partial charge in [0.2, 0.25) is 0 Å². The maximum Gasteiger partial charge on any atom is 0.122 e. The van der Waals surface area contributed by atoms with Crippen LogP contribution < -0.4 is 5.73 Å². The Morgan fingerprint density at radius 2 is 2.27 bits per heavy atom. The van der Waals surface area contributed by atoms with Crippen molar-refractivity contribution in [1.29, 1.82) is 0 Å². The zero-order valence-corrected chi connectivity index (χ0v) is 10.5. The van der Waals surface area contributed by atoms with Crippen LogP contribution in [0, 0.1) is 6.92 Å². The highest BCUT2D eigenvalue weighted by atomic mass is 32.2. The summed E-state index contributed by atoms with van der Waals surface area (Å²) in [5.41, 5.74) is 5.78. The normalized spacial score (nSPS) is 13.4. The van der Waals surface area contributed by atoms with Crippen molar-refractivity contribution in [2.45, 2.75) is 13.0 Å². The van der Waals surface area contributed by atoms with Crippen molar-refractivity contribution in [1.82, 2.24) is 4.90 Å². The molecular formula is C11H20N2OS. The van der Waals surface area contributed by atoms with E-state index in [4.69, 9.17) is 10.2 Å². The van der Waals surface area contributed by atoms with E-state index in [0.29, 0.717) is 6.54 Å². The highest BCUT2D eigenvalue weighted by molar-refractivity contribution is 7.98. The van der Waals surface area contributed by atoms with Crippen LogP contribution in [0.2, 0.25) is 0 Å². The minimum absolute atomic E-state index is 0.200. The second-order valence-corrected chi connectivity index (χ2v) is 4.66. The summed E-state index contributed by atoms with van der Waals surface area (Å²) in [5.74, 6) is 3.03. The summed E-state index contributed by atoms with van der Waals surface area (Å²) in [6.45, 7) is 3.58. The van der Waals surface area contributed by atoms with Crippen LogP contribution in [0.4, 0.5) is 0 Å². The Morgan fingerprint density at radius 1 is 1.53 bits per heavy atom. The molecule has 1 rings (SSSR count). The number of hydrogen-bond donors (Lipinski definition) is 1. The fraction of sp³-hybridized carbons (Fsp3) is 0.636. The summed E-state index contributed by atoms with van der Waals surface area (Å²) < 4.78 is 5.61. The number of furan rings is 1. The molecule has 0 saturated heterocycles. The molecule has 3 nitrogen and oxygen atoms in total. The third kappa shape index (κ3) is 3.55. The second-order valence-electron chi connectivity index (χ2n) is 3.67. The van der Waals surface area contributed by atoms with Gasteiger partial charge in [-0.25, -0.2) is 0 Å². The lowest BCUT2D eigenvalue weighted by molar-refractivity contribution is 0.230. The monoisotopic (exact) mass is 228 g/mol. The maximum absolute atomic E-state index is 5.78. The molecular weight excluding hydrogens is 208 g/mol. The van der Waals surface area contributed by atoms with Crippen molar-refractivity contribution < 1.29 is 4.42 Å². The minimum Gasteiger partial charge on any atom is -0.465 e. The first-order valence-electron chi connectivity index (χ1n) is 5.14. The van der Waals surface area contributed by atoms with Crippen LogP contribution in [-0.4, -0.2) is 37.0 Å². The molecule has 0 aromatic carbocycles. The number of rotatable bonds is 6. The van der Waals surface area contributed by atoms with Crippen LogP contribution >= 0.6 is 11.8 Å². The Hall–Kier alpha value is -0.450. The molecule has 86 valence electrons. The van der Waals surface area contributed by atoms with Gasteiger partial charge in [-0.2, -0.15) is 11.8 Å². The SMILES string of the molecule is CSCCN(C)C(CN)c1ccc(C)o1. The molecule has 1 heterocycles. The summed E-state index contributed by atoms with van der Waals surface area (Å²) in [4.78, 5) is 2.24. The quantitative estimate of drug-likeness (QED) is 0.807. The van der Waals surface area contributed by atoms with Crippen LogP contribution in [-0.2, 0) is 0 Å². The summed E-state index contributed by atoms with van der Waals surface area (Å²) >= 11 is 1.85. The van der Waals surface area contributed by atoms with E-state index in [1.54, 1.807) is 0 Å². The Kier molecular flexibility index (Phi) is 5.22. The Balaban J connectivity index is 2.62. The molecule has 0 aliphatic heterocycles. The summed E-state index contributed by atoms with van der Waals surface area (Å²) in [6, 6.07) is 4.20. The van der Waals surface area contributed by atoms with E-state index >= 15 is 0 Å². The molecule has 0 fully saturated rings. The average molecular weight is 228 g/mol. The van der Waals surface area contributed by atoms with Gasteiger partial charge in [-0.05, 0) is 32.4 Å². The van der Waals surface area contributed by atoms with E-state index in [0.717, 1.165) is 23.8 Å². The van der Waals surface area contributed by atoms with E-state index in [1.165, 1.54) is 0 Å². The molecule has 4 heteroatoms. The molecule has 0 bridgehead atoms. The molecule has 1 unspecified atom stereocenters. The van der Waals surface area contributed by atoms with Crippen LogP contribution in [0.3, 0.4) is 0 Å². The average Bonchev–Trinajstić information content (AvgIpc) is 2.63. The lowest BCUT2D eigenvalue weighted by atomic mass is 10.2. The Labute approximate surface area is 96.0 Å².